The summed E-state index contributed by atoms with van der Waals surface area (Å²) >= 11 is 18.4. The van der Waals surface area contributed by atoms with Gasteiger partial charge in [-0.3, -0.25) is 14.4 Å². The van der Waals surface area contributed by atoms with Gasteiger partial charge < -0.3 is 15.0 Å². The van der Waals surface area contributed by atoms with E-state index in [0.29, 0.717) is 21.3 Å². The third-order valence-electron chi connectivity index (χ3n) is 4.76. The molecule has 3 rings (SSSR count). The molecule has 3 aromatic rings. The number of nitrogens with one attached hydrogen (secondary N) is 1. The number of benzene rings is 2. The zero-order chi connectivity index (χ0) is 24.8. The molecule has 2 amide bonds. The minimum absolute atomic E-state index is 0.0671. The van der Waals surface area contributed by atoms with Crippen molar-refractivity contribution < 1.29 is 19.1 Å². The standard InChI is InChI=1S/C23H19Cl3N4O4/c1-27-23(33)15-5-4-14(10-17(15)25)30(12-13-3-6-16(24)18(26)9-13)21(32)11-19(31)22-28-8-7-20(29-22)34-2/h3-10H,11-12H2,1-2H3,(H,27,33). The van der Waals surface area contributed by atoms with Gasteiger partial charge in [0, 0.05) is 25.0 Å². The predicted octanol–water partition coefficient (Wildman–Crippen LogP) is 4.61. The topological polar surface area (TPSA) is 101 Å². The summed E-state index contributed by atoms with van der Waals surface area (Å²) < 4.78 is 5.01. The number of carbonyl (C=O) groups excluding carboxylic acids is 3. The SMILES string of the molecule is CNC(=O)c1ccc(N(Cc2ccc(Cl)c(Cl)c2)C(=O)CC(=O)c2nccc(OC)n2)cc1Cl. The molecule has 11 heteroatoms. The summed E-state index contributed by atoms with van der Waals surface area (Å²) in [5.74, 6) is -1.43. The third-order valence-corrected chi connectivity index (χ3v) is 5.81. The summed E-state index contributed by atoms with van der Waals surface area (Å²) in [6.45, 7) is 0.0671. The van der Waals surface area contributed by atoms with Crippen LogP contribution in [0.1, 0.15) is 33.0 Å². The number of Topliss-reactive ketones (excluding diaryl/α,β-unsaturated/α-hetero) is 1. The normalized spacial score (nSPS) is 10.5. The first kappa shape index (κ1) is 25.4. The van der Waals surface area contributed by atoms with Crippen LogP contribution in [0.5, 0.6) is 5.88 Å². The van der Waals surface area contributed by atoms with Crippen molar-refractivity contribution >= 4 is 58.1 Å². The maximum atomic E-state index is 13.3. The molecule has 0 saturated heterocycles. The minimum atomic E-state index is -0.587. The lowest BCUT2D eigenvalue weighted by atomic mass is 10.1. The van der Waals surface area contributed by atoms with E-state index in [0.717, 1.165) is 0 Å². The second-order valence-electron chi connectivity index (χ2n) is 6.99. The molecule has 0 spiro atoms. The third kappa shape index (κ3) is 6.02. The number of halogens is 3. The van der Waals surface area contributed by atoms with E-state index in [9.17, 15) is 14.4 Å². The van der Waals surface area contributed by atoms with Crippen molar-refractivity contribution in [3.05, 3.63) is 80.7 Å². The Morgan fingerprint density at radius 2 is 1.76 bits per heavy atom. The van der Waals surface area contributed by atoms with Gasteiger partial charge >= 0.3 is 0 Å². The molecule has 8 nitrogen and oxygen atoms in total. The van der Waals surface area contributed by atoms with Crippen molar-refractivity contribution in [3.63, 3.8) is 0 Å². The number of hydrogen-bond acceptors (Lipinski definition) is 6. The molecule has 0 aliphatic rings. The number of aromatic nitrogens is 2. The first-order valence-electron chi connectivity index (χ1n) is 9.89. The van der Waals surface area contributed by atoms with Crippen molar-refractivity contribution in [1.82, 2.24) is 15.3 Å². The zero-order valence-corrected chi connectivity index (χ0v) is 20.4. The van der Waals surface area contributed by atoms with Crippen LogP contribution in [-0.2, 0) is 11.3 Å². The van der Waals surface area contributed by atoms with E-state index in [1.807, 2.05) is 0 Å². The molecule has 1 N–H and O–H groups in total. The number of hydrogen-bond donors (Lipinski definition) is 1. The van der Waals surface area contributed by atoms with Crippen LogP contribution in [0.3, 0.4) is 0 Å². The number of rotatable bonds is 8. The zero-order valence-electron chi connectivity index (χ0n) is 18.1. The Morgan fingerprint density at radius 1 is 1.00 bits per heavy atom. The number of amides is 2. The van der Waals surface area contributed by atoms with Crippen LogP contribution in [-0.4, -0.2) is 41.7 Å². The van der Waals surface area contributed by atoms with Crippen LogP contribution >= 0.6 is 34.8 Å². The molecule has 0 fully saturated rings. The fraction of sp³-hybridized carbons (Fsp3) is 0.174. The maximum absolute atomic E-state index is 13.3. The monoisotopic (exact) mass is 520 g/mol. The predicted molar refractivity (Wildman–Crippen MR) is 130 cm³/mol. The molecule has 0 atom stereocenters. The van der Waals surface area contributed by atoms with Crippen LogP contribution in [0.2, 0.25) is 15.1 Å². The first-order valence-corrected chi connectivity index (χ1v) is 11.0. The van der Waals surface area contributed by atoms with Crippen LogP contribution in [0.4, 0.5) is 5.69 Å². The molecule has 0 saturated carbocycles. The Morgan fingerprint density at radius 3 is 2.41 bits per heavy atom. The highest BCUT2D eigenvalue weighted by Crippen LogP contribution is 2.28. The van der Waals surface area contributed by atoms with E-state index < -0.39 is 18.1 Å². The van der Waals surface area contributed by atoms with Crippen LogP contribution < -0.4 is 15.0 Å². The highest BCUT2D eigenvalue weighted by molar-refractivity contribution is 6.42. The number of anilines is 1. The van der Waals surface area contributed by atoms with Gasteiger partial charge in [0.25, 0.3) is 5.91 Å². The second kappa shape index (κ2) is 11.3. The summed E-state index contributed by atoms with van der Waals surface area (Å²) in [4.78, 5) is 47.2. The van der Waals surface area contributed by atoms with Gasteiger partial charge in [-0.05, 0) is 35.9 Å². The Labute approximate surface area is 210 Å². The van der Waals surface area contributed by atoms with Crippen molar-refractivity contribution in [2.75, 3.05) is 19.1 Å². The van der Waals surface area contributed by atoms with E-state index in [2.05, 4.69) is 15.3 Å². The van der Waals surface area contributed by atoms with Gasteiger partial charge in [0.2, 0.25) is 17.6 Å². The fourth-order valence-electron chi connectivity index (χ4n) is 3.04. The average Bonchev–Trinajstić information content (AvgIpc) is 2.84. The van der Waals surface area contributed by atoms with Crippen molar-refractivity contribution in [3.8, 4) is 5.88 Å². The lowest BCUT2D eigenvalue weighted by Crippen LogP contribution is -2.32. The summed E-state index contributed by atoms with van der Waals surface area (Å²) in [7, 11) is 2.89. The molecule has 0 bridgehead atoms. The fourth-order valence-corrected chi connectivity index (χ4v) is 3.62. The van der Waals surface area contributed by atoms with Crippen LogP contribution in [0.15, 0.2) is 48.7 Å². The molecule has 176 valence electrons. The average molecular weight is 522 g/mol. The summed E-state index contributed by atoms with van der Waals surface area (Å²) in [5.41, 5.74) is 1.29. The molecule has 2 aromatic carbocycles. The molecular weight excluding hydrogens is 503 g/mol. The van der Waals surface area contributed by atoms with Gasteiger partial charge in [-0.2, -0.15) is 4.98 Å². The van der Waals surface area contributed by atoms with E-state index in [-0.39, 0.29) is 34.7 Å². The number of ketones is 1. The van der Waals surface area contributed by atoms with Gasteiger partial charge in [0.05, 0.1) is 40.7 Å². The Kier molecular flexibility index (Phi) is 8.44. The quantitative estimate of drug-likeness (QED) is 0.343. The molecule has 34 heavy (non-hydrogen) atoms. The molecule has 0 aliphatic carbocycles. The number of ether oxygens (including phenoxy) is 1. The molecule has 1 heterocycles. The number of carbonyl (C=O) groups is 3. The lowest BCUT2D eigenvalue weighted by Gasteiger charge is -2.24. The maximum Gasteiger partial charge on any atom is 0.252 e. The second-order valence-corrected chi connectivity index (χ2v) is 8.22. The molecule has 0 unspecified atom stereocenters. The van der Waals surface area contributed by atoms with E-state index in [1.165, 1.54) is 43.5 Å². The molecule has 0 radical (unpaired) electrons. The number of methoxy groups -OCH3 is 1. The van der Waals surface area contributed by atoms with Crippen molar-refractivity contribution in [1.29, 1.82) is 0 Å². The van der Waals surface area contributed by atoms with E-state index >= 15 is 0 Å². The minimum Gasteiger partial charge on any atom is -0.481 e. The van der Waals surface area contributed by atoms with Gasteiger partial charge in [-0.15, -0.1) is 0 Å². The smallest absolute Gasteiger partial charge is 0.252 e. The van der Waals surface area contributed by atoms with Crippen molar-refractivity contribution in [2.45, 2.75) is 13.0 Å². The molecule has 1 aromatic heterocycles. The highest BCUT2D eigenvalue weighted by Gasteiger charge is 2.23. The molecular formula is C23H19Cl3N4O4. The summed E-state index contributed by atoms with van der Waals surface area (Å²) in [5, 5.41) is 3.33. The van der Waals surface area contributed by atoms with Gasteiger partial charge in [-0.25, -0.2) is 4.98 Å². The van der Waals surface area contributed by atoms with Gasteiger partial charge in [0.15, 0.2) is 5.82 Å². The van der Waals surface area contributed by atoms with E-state index in [4.69, 9.17) is 39.5 Å². The highest BCUT2D eigenvalue weighted by atomic mass is 35.5. The van der Waals surface area contributed by atoms with E-state index in [1.54, 1.807) is 24.3 Å². The Bertz CT molecular complexity index is 1250. The van der Waals surface area contributed by atoms with Crippen LogP contribution in [0.25, 0.3) is 0 Å². The van der Waals surface area contributed by atoms with Gasteiger partial charge in [-0.1, -0.05) is 40.9 Å². The Balaban J connectivity index is 1.94. The van der Waals surface area contributed by atoms with Crippen molar-refractivity contribution in [2.24, 2.45) is 0 Å². The lowest BCUT2D eigenvalue weighted by molar-refractivity contribution is -0.117. The largest absolute Gasteiger partial charge is 0.481 e. The number of nitrogens with zero attached hydrogens (tertiary/aromatic N) is 3. The van der Waals surface area contributed by atoms with Crippen LogP contribution in [0, 0.1) is 0 Å². The molecule has 0 aliphatic heterocycles. The Hall–Kier alpha value is -3.20. The summed E-state index contributed by atoms with van der Waals surface area (Å²) in [6, 6.07) is 11.0. The summed E-state index contributed by atoms with van der Waals surface area (Å²) in [6.07, 6.45) is 0.859. The first-order chi connectivity index (χ1) is 16.2. The van der Waals surface area contributed by atoms with Gasteiger partial charge in [0.1, 0.15) is 0 Å².